The highest BCUT2D eigenvalue weighted by Crippen LogP contribution is 2.26. The van der Waals surface area contributed by atoms with Crippen LogP contribution in [0.2, 0.25) is 0 Å². The summed E-state index contributed by atoms with van der Waals surface area (Å²) in [6, 6.07) is 11.8. The monoisotopic (exact) mass is 370 g/mol. The Bertz CT molecular complexity index is 766. The smallest absolute Gasteiger partial charge is 0.241 e. The first-order valence-corrected chi connectivity index (χ1v) is 9.09. The Morgan fingerprint density at radius 1 is 1.11 bits per heavy atom. The third-order valence-corrected chi connectivity index (χ3v) is 4.45. The summed E-state index contributed by atoms with van der Waals surface area (Å²) in [4.78, 5) is 13.9. The quantitative estimate of drug-likeness (QED) is 0.775. The number of nitrogens with two attached hydrogens (primary N) is 1. The lowest BCUT2D eigenvalue weighted by Gasteiger charge is -2.22. The first-order chi connectivity index (χ1) is 12.8. The van der Waals surface area contributed by atoms with Gasteiger partial charge in [-0.15, -0.1) is 0 Å². The van der Waals surface area contributed by atoms with E-state index in [2.05, 4.69) is 37.3 Å². The van der Waals surface area contributed by atoms with Crippen LogP contribution in [0.25, 0.3) is 0 Å². The van der Waals surface area contributed by atoms with Gasteiger partial charge in [-0.2, -0.15) is 0 Å². The van der Waals surface area contributed by atoms with Gasteiger partial charge in [-0.3, -0.25) is 4.79 Å². The van der Waals surface area contributed by atoms with Crippen LogP contribution in [0.4, 0.5) is 0 Å². The zero-order chi connectivity index (χ0) is 20.0. The van der Waals surface area contributed by atoms with Crippen LogP contribution >= 0.6 is 0 Å². The third-order valence-electron chi connectivity index (χ3n) is 4.45. The Kier molecular flexibility index (Phi) is 7.39. The number of methoxy groups -OCH3 is 1. The highest BCUT2D eigenvalue weighted by Gasteiger charge is 2.18. The summed E-state index contributed by atoms with van der Waals surface area (Å²) >= 11 is 0. The first-order valence-electron chi connectivity index (χ1n) is 9.09. The lowest BCUT2D eigenvalue weighted by Crippen LogP contribution is -2.44. The van der Waals surface area contributed by atoms with E-state index < -0.39 is 6.04 Å². The molecule has 0 saturated carbocycles. The Labute approximate surface area is 162 Å². The summed E-state index contributed by atoms with van der Waals surface area (Å²) < 4.78 is 11.0. The molecule has 0 fully saturated rings. The van der Waals surface area contributed by atoms with Crippen molar-refractivity contribution in [3.8, 4) is 5.75 Å². The molecule has 0 aromatic heterocycles. The van der Waals surface area contributed by atoms with E-state index >= 15 is 0 Å². The molecule has 0 aliphatic carbocycles. The second-order valence-electron chi connectivity index (χ2n) is 7.09. The molecule has 0 heterocycles. The molecule has 5 nitrogen and oxygen atoms in total. The summed E-state index contributed by atoms with van der Waals surface area (Å²) in [5.74, 6) is 0.761. The van der Waals surface area contributed by atoms with E-state index in [4.69, 9.17) is 15.2 Å². The van der Waals surface area contributed by atoms with Gasteiger partial charge in [0, 0.05) is 20.7 Å². The van der Waals surface area contributed by atoms with Crippen LogP contribution in [-0.4, -0.2) is 37.6 Å². The lowest BCUT2D eigenvalue weighted by atomic mass is 10.0. The molecule has 5 heteroatoms. The highest BCUT2D eigenvalue weighted by molar-refractivity contribution is 5.81. The van der Waals surface area contributed by atoms with Crippen LogP contribution in [0.5, 0.6) is 5.75 Å². The molecule has 0 saturated heterocycles. The fourth-order valence-corrected chi connectivity index (χ4v) is 3.20. The van der Waals surface area contributed by atoms with Crippen molar-refractivity contribution in [3.05, 3.63) is 64.2 Å². The van der Waals surface area contributed by atoms with Crippen molar-refractivity contribution in [2.24, 2.45) is 5.73 Å². The molecule has 2 aromatic carbocycles. The van der Waals surface area contributed by atoms with Crippen LogP contribution in [0.3, 0.4) is 0 Å². The topological polar surface area (TPSA) is 64.8 Å². The van der Waals surface area contributed by atoms with Gasteiger partial charge >= 0.3 is 0 Å². The molecule has 0 aliphatic heterocycles. The minimum atomic E-state index is -0.640. The van der Waals surface area contributed by atoms with Crippen LogP contribution in [0, 0.1) is 20.8 Å². The van der Waals surface area contributed by atoms with Gasteiger partial charge in [-0.25, -0.2) is 0 Å². The van der Waals surface area contributed by atoms with E-state index in [0.29, 0.717) is 13.2 Å². The van der Waals surface area contributed by atoms with E-state index in [0.717, 1.165) is 28.0 Å². The largest absolute Gasteiger partial charge is 0.488 e. The number of carbonyl (C=O) groups excluding carboxylic acids is 1. The van der Waals surface area contributed by atoms with Crippen molar-refractivity contribution in [1.82, 2.24) is 4.90 Å². The number of hydrogen-bond donors (Lipinski definition) is 1. The molecule has 0 bridgehead atoms. The Hall–Kier alpha value is -2.37. The molecule has 2 aromatic rings. The number of hydrogen-bond acceptors (Lipinski definition) is 4. The number of likely N-dealkylation sites (N-methyl/N-ethyl adjacent to an activating group) is 1. The fraction of sp³-hybridized carbons (Fsp3) is 0.409. The van der Waals surface area contributed by atoms with Gasteiger partial charge < -0.3 is 20.1 Å². The Morgan fingerprint density at radius 2 is 1.78 bits per heavy atom. The van der Waals surface area contributed by atoms with Crippen molar-refractivity contribution >= 4 is 5.91 Å². The number of nitrogens with zero attached hydrogens (tertiary/aromatic N) is 1. The normalized spacial score (nSPS) is 11.9. The third kappa shape index (κ3) is 5.81. The van der Waals surface area contributed by atoms with E-state index in [9.17, 15) is 4.79 Å². The number of aryl methyl sites for hydroxylation is 3. The van der Waals surface area contributed by atoms with Gasteiger partial charge in [0.15, 0.2) is 0 Å². The van der Waals surface area contributed by atoms with Gasteiger partial charge in [-0.1, -0.05) is 42.0 Å². The highest BCUT2D eigenvalue weighted by atomic mass is 16.5. The minimum absolute atomic E-state index is 0.132. The standard InChI is InChI=1S/C22H30N2O3/c1-15-7-6-8-18(9-15)13-27-21-16(2)10-19(11-17(21)3)12-24(4)22(25)20(23)14-26-5/h6-11,20H,12-14,23H2,1-5H3. The van der Waals surface area contributed by atoms with Gasteiger partial charge in [0.05, 0.1) is 6.61 Å². The van der Waals surface area contributed by atoms with Crippen molar-refractivity contribution in [2.45, 2.75) is 40.0 Å². The zero-order valence-electron chi connectivity index (χ0n) is 16.9. The molecule has 0 aliphatic rings. The van der Waals surface area contributed by atoms with Crippen molar-refractivity contribution in [3.63, 3.8) is 0 Å². The molecular formula is C22H30N2O3. The van der Waals surface area contributed by atoms with E-state index in [1.165, 1.54) is 12.7 Å². The van der Waals surface area contributed by atoms with Gasteiger partial charge in [-0.05, 0) is 43.0 Å². The lowest BCUT2D eigenvalue weighted by molar-refractivity contribution is -0.132. The Balaban J connectivity index is 2.06. The molecule has 2 rings (SSSR count). The number of benzene rings is 2. The average Bonchev–Trinajstić information content (AvgIpc) is 2.60. The molecule has 1 amide bonds. The number of amides is 1. The van der Waals surface area contributed by atoms with Crippen LogP contribution in [0.1, 0.15) is 27.8 Å². The molecule has 1 unspecified atom stereocenters. The van der Waals surface area contributed by atoms with Gasteiger partial charge in [0.1, 0.15) is 18.4 Å². The zero-order valence-corrected chi connectivity index (χ0v) is 16.9. The molecule has 1 atom stereocenters. The Morgan fingerprint density at radius 3 is 2.37 bits per heavy atom. The van der Waals surface area contributed by atoms with E-state index in [1.807, 2.05) is 19.9 Å². The summed E-state index contributed by atoms with van der Waals surface area (Å²) in [6.45, 7) is 7.38. The molecule has 2 N–H and O–H groups in total. The molecule has 0 radical (unpaired) electrons. The van der Waals surface area contributed by atoms with Crippen molar-refractivity contribution in [2.75, 3.05) is 20.8 Å². The summed E-state index contributed by atoms with van der Waals surface area (Å²) in [5.41, 5.74) is 11.4. The van der Waals surface area contributed by atoms with Gasteiger partial charge in [0.2, 0.25) is 5.91 Å². The summed E-state index contributed by atoms with van der Waals surface area (Å²) in [7, 11) is 3.29. The maximum Gasteiger partial charge on any atom is 0.241 e. The van der Waals surface area contributed by atoms with Crippen LogP contribution in [-0.2, 0) is 22.7 Å². The molecule has 27 heavy (non-hydrogen) atoms. The predicted molar refractivity (Wildman–Crippen MR) is 108 cm³/mol. The fourth-order valence-electron chi connectivity index (χ4n) is 3.20. The predicted octanol–water partition coefficient (Wildman–Crippen LogP) is 3.12. The second kappa shape index (κ2) is 9.53. The summed E-state index contributed by atoms with van der Waals surface area (Å²) in [5, 5.41) is 0. The van der Waals surface area contributed by atoms with Crippen LogP contribution in [0.15, 0.2) is 36.4 Å². The van der Waals surface area contributed by atoms with Crippen molar-refractivity contribution < 1.29 is 14.3 Å². The van der Waals surface area contributed by atoms with Crippen LogP contribution < -0.4 is 10.5 Å². The van der Waals surface area contributed by atoms with Gasteiger partial charge in [0.25, 0.3) is 0 Å². The SMILES string of the molecule is COCC(N)C(=O)N(C)Cc1cc(C)c(OCc2cccc(C)c2)c(C)c1. The molecular weight excluding hydrogens is 340 g/mol. The average molecular weight is 370 g/mol. The molecule has 146 valence electrons. The number of carbonyl (C=O) groups is 1. The number of ether oxygens (including phenoxy) is 2. The second-order valence-corrected chi connectivity index (χ2v) is 7.09. The maximum absolute atomic E-state index is 12.3. The maximum atomic E-state index is 12.3. The number of rotatable bonds is 8. The van der Waals surface area contributed by atoms with E-state index in [-0.39, 0.29) is 12.5 Å². The van der Waals surface area contributed by atoms with E-state index in [1.54, 1.807) is 11.9 Å². The molecule has 0 spiro atoms. The first kappa shape index (κ1) is 20.9. The van der Waals surface area contributed by atoms with Crippen molar-refractivity contribution in [1.29, 1.82) is 0 Å². The minimum Gasteiger partial charge on any atom is -0.488 e. The summed E-state index contributed by atoms with van der Waals surface area (Å²) in [6.07, 6.45) is 0.